The fraction of sp³-hybridized carbons (Fsp3) is 0.867. The topological polar surface area (TPSA) is 21.3 Å². The van der Waals surface area contributed by atoms with Crippen LogP contribution in [0.1, 0.15) is 40.0 Å². The van der Waals surface area contributed by atoms with Gasteiger partial charge < -0.3 is 10.1 Å². The molecule has 2 heteroatoms. The van der Waals surface area contributed by atoms with Crippen molar-refractivity contribution in [2.75, 3.05) is 13.2 Å². The molecule has 1 N–H and O–H groups in total. The van der Waals surface area contributed by atoms with Crippen molar-refractivity contribution in [3.63, 3.8) is 0 Å². The van der Waals surface area contributed by atoms with E-state index in [9.17, 15) is 0 Å². The lowest BCUT2D eigenvalue weighted by Gasteiger charge is -2.26. The van der Waals surface area contributed by atoms with Crippen LogP contribution in [0.5, 0.6) is 0 Å². The van der Waals surface area contributed by atoms with Gasteiger partial charge in [-0.05, 0) is 64.3 Å². The molecule has 2 aliphatic carbocycles. The zero-order chi connectivity index (χ0) is 12.3. The van der Waals surface area contributed by atoms with Crippen molar-refractivity contribution in [2.24, 2.45) is 17.8 Å². The molecule has 17 heavy (non-hydrogen) atoms. The largest absolute Gasteiger partial charge is 0.379 e. The summed E-state index contributed by atoms with van der Waals surface area (Å²) in [5.41, 5.74) is 0. The Morgan fingerprint density at radius 1 is 1.24 bits per heavy atom. The molecule has 2 nitrogen and oxygen atoms in total. The Kier molecular flexibility index (Phi) is 4.63. The molecule has 2 bridgehead atoms. The minimum absolute atomic E-state index is 0.364. The van der Waals surface area contributed by atoms with Crippen molar-refractivity contribution >= 4 is 0 Å². The SMILES string of the molecule is CC(C)OCCCNC(C)C1CC2C=CC1C2. The van der Waals surface area contributed by atoms with Gasteiger partial charge in [0.05, 0.1) is 6.10 Å². The van der Waals surface area contributed by atoms with Crippen molar-refractivity contribution in [2.45, 2.75) is 52.2 Å². The highest BCUT2D eigenvalue weighted by molar-refractivity contribution is 5.11. The molecule has 2 rings (SSSR count). The van der Waals surface area contributed by atoms with Crippen LogP contribution < -0.4 is 5.32 Å². The summed E-state index contributed by atoms with van der Waals surface area (Å²) in [6.07, 6.45) is 9.16. The standard InChI is InChI=1S/C15H27NO/c1-11(2)17-8-4-7-16-12(3)15-10-13-5-6-14(15)9-13/h5-6,11-16H,4,7-10H2,1-3H3. The van der Waals surface area contributed by atoms with Gasteiger partial charge in [-0.2, -0.15) is 0 Å². The molecule has 0 aliphatic heterocycles. The minimum atomic E-state index is 0.364. The Morgan fingerprint density at radius 2 is 2.06 bits per heavy atom. The maximum Gasteiger partial charge on any atom is 0.0518 e. The van der Waals surface area contributed by atoms with E-state index in [1.165, 1.54) is 12.8 Å². The van der Waals surface area contributed by atoms with Gasteiger partial charge in [0.15, 0.2) is 0 Å². The summed E-state index contributed by atoms with van der Waals surface area (Å²) in [6.45, 7) is 8.51. The van der Waals surface area contributed by atoms with E-state index in [0.29, 0.717) is 12.1 Å². The van der Waals surface area contributed by atoms with Crippen LogP contribution in [0, 0.1) is 17.8 Å². The zero-order valence-electron chi connectivity index (χ0n) is 11.5. The second-order valence-corrected chi connectivity index (χ2v) is 5.96. The van der Waals surface area contributed by atoms with E-state index >= 15 is 0 Å². The van der Waals surface area contributed by atoms with Crippen LogP contribution in [0.2, 0.25) is 0 Å². The molecule has 2 aliphatic rings. The first kappa shape index (κ1) is 13.1. The van der Waals surface area contributed by atoms with Crippen LogP contribution in [0.3, 0.4) is 0 Å². The third-order valence-corrected chi connectivity index (χ3v) is 4.21. The second-order valence-electron chi connectivity index (χ2n) is 5.96. The van der Waals surface area contributed by atoms with Crippen molar-refractivity contribution in [1.29, 1.82) is 0 Å². The Bertz CT molecular complexity index is 262. The average Bonchev–Trinajstić information content (AvgIpc) is 2.89. The van der Waals surface area contributed by atoms with Gasteiger partial charge in [-0.3, -0.25) is 0 Å². The van der Waals surface area contributed by atoms with Gasteiger partial charge in [0, 0.05) is 12.6 Å². The third kappa shape index (κ3) is 3.56. The van der Waals surface area contributed by atoms with E-state index in [1.807, 2.05) is 0 Å². The first-order valence-corrected chi connectivity index (χ1v) is 7.20. The summed E-state index contributed by atoms with van der Waals surface area (Å²) in [4.78, 5) is 0. The number of hydrogen-bond donors (Lipinski definition) is 1. The normalized spacial score (nSPS) is 32.6. The lowest BCUT2D eigenvalue weighted by atomic mass is 9.87. The molecule has 98 valence electrons. The first-order chi connectivity index (χ1) is 8.16. The van der Waals surface area contributed by atoms with E-state index < -0.39 is 0 Å². The summed E-state index contributed by atoms with van der Waals surface area (Å²) >= 11 is 0. The molecule has 0 heterocycles. The Morgan fingerprint density at radius 3 is 2.65 bits per heavy atom. The predicted octanol–water partition coefficient (Wildman–Crippen LogP) is 2.99. The van der Waals surface area contributed by atoms with Crippen LogP contribution >= 0.6 is 0 Å². The molecule has 0 radical (unpaired) electrons. The molecule has 0 saturated heterocycles. The summed E-state index contributed by atoms with van der Waals surface area (Å²) in [5.74, 6) is 2.61. The number of fused-ring (bicyclic) bond motifs is 2. The number of nitrogens with one attached hydrogen (secondary N) is 1. The van der Waals surface area contributed by atoms with Crippen LogP contribution in [0.25, 0.3) is 0 Å². The quantitative estimate of drug-likeness (QED) is 0.543. The van der Waals surface area contributed by atoms with E-state index in [4.69, 9.17) is 4.74 Å². The average molecular weight is 237 g/mol. The fourth-order valence-corrected chi connectivity index (χ4v) is 3.27. The molecule has 0 aromatic rings. The lowest BCUT2D eigenvalue weighted by molar-refractivity contribution is 0.0763. The summed E-state index contributed by atoms with van der Waals surface area (Å²) in [5, 5.41) is 3.67. The third-order valence-electron chi connectivity index (χ3n) is 4.21. The highest BCUT2D eigenvalue weighted by atomic mass is 16.5. The van der Waals surface area contributed by atoms with Gasteiger partial charge in [-0.15, -0.1) is 0 Å². The molecule has 0 spiro atoms. The molecular weight excluding hydrogens is 210 g/mol. The number of hydrogen-bond acceptors (Lipinski definition) is 2. The highest BCUT2D eigenvalue weighted by Gasteiger charge is 2.38. The lowest BCUT2D eigenvalue weighted by Crippen LogP contribution is -2.36. The van der Waals surface area contributed by atoms with E-state index in [0.717, 1.165) is 37.3 Å². The minimum Gasteiger partial charge on any atom is -0.379 e. The zero-order valence-corrected chi connectivity index (χ0v) is 11.5. The van der Waals surface area contributed by atoms with Gasteiger partial charge in [-0.1, -0.05) is 12.2 Å². The molecule has 4 atom stereocenters. The Hall–Kier alpha value is -0.340. The molecular formula is C15H27NO. The van der Waals surface area contributed by atoms with Gasteiger partial charge in [0.25, 0.3) is 0 Å². The van der Waals surface area contributed by atoms with Crippen LogP contribution in [0.15, 0.2) is 12.2 Å². The van der Waals surface area contributed by atoms with Gasteiger partial charge in [-0.25, -0.2) is 0 Å². The predicted molar refractivity (Wildman–Crippen MR) is 72.0 cm³/mol. The van der Waals surface area contributed by atoms with E-state index in [2.05, 4.69) is 38.2 Å². The molecule has 4 unspecified atom stereocenters. The summed E-state index contributed by atoms with van der Waals surface area (Å²) in [7, 11) is 0. The molecule has 0 amide bonds. The molecule has 1 fully saturated rings. The molecule has 0 aromatic carbocycles. The van der Waals surface area contributed by atoms with E-state index in [-0.39, 0.29) is 0 Å². The van der Waals surface area contributed by atoms with Crippen LogP contribution in [-0.2, 0) is 4.74 Å². The molecule has 0 aromatic heterocycles. The van der Waals surface area contributed by atoms with Crippen molar-refractivity contribution < 1.29 is 4.74 Å². The van der Waals surface area contributed by atoms with Crippen molar-refractivity contribution in [3.8, 4) is 0 Å². The monoisotopic (exact) mass is 237 g/mol. The smallest absolute Gasteiger partial charge is 0.0518 e. The number of rotatable bonds is 7. The maximum absolute atomic E-state index is 5.55. The summed E-state index contributed by atoms with van der Waals surface area (Å²) < 4.78 is 5.55. The van der Waals surface area contributed by atoms with Crippen molar-refractivity contribution in [1.82, 2.24) is 5.32 Å². The van der Waals surface area contributed by atoms with Gasteiger partial charge in [0.2, 0.25) is 0 Å². The highest BCUT2D eigenvalue weighted by Crippen LogP contribution is 2.44. The number of ether oxygens (including phenoxy) is 1. The van der Waals surface area contributed by atoms with Gasteiger partial charge in [0.1, 0.15) is 0 Å². The van der Waals surface area contributed by atoms with Crippen LogP contribution in [0.4, 0.5) is 0 Å². The Labute approximate surface area is 106 Å². The van der Waals surface area contributed by atoms with Crippen molar-refractivity contribution in [3.05, 3.63) is 12.2 Å². The molecule has 1 saturated carbocycles. The summed E-state index contributed by atoms with van der Waals surface area (Å²) in [6, 6.07) is 0.661. The van der Waals surface area contributed by atoms with Crippen LogP contribution in [-0.4, -0.2) is 25.3 Å². The van der Waals surface area contributed by atoms with E-state index in [1.54, 1.807) is 0 Å². The Balaban J connectivity index is 1.58. The number of allylic oxidation sites excluding steroid dienone is 2. The maximum atomic E-state index is 5.55. The first-order valence-electron chi connectivity index (χ1n) is 7.20. The second kappa shape index (κ2) is 6.01. The van der Waals surface area contributed by atoms with Gasteiger partial charge >= 0.3 is 0 Å². The fourth-order valence-electron chi connectivity index (χ4n) is 3.27.